The van der Waals surface area contributed by atoms with E-state index in [2.05, 4.69) is 42.9 Å². The van der Waals surface area contributed by atoms with Gasteiger partial charge >= 0.3 is 0 Å². The van der Waals surface area contributed by atoms with Gasteiger partial charge in [-0.05, 0) is 51.5 Å². The van der Waals surface area contributed by atoms with Crippen molar-refractivity contribution in [1.29, 1.82) is 0 Å². The molecule has 0 aliphatic heterocycles. The number of aryl methyl sites for hydroxylation is 1. The van der Waals surface area contributed by atoms with Gasteiger partial charge in [-0.25, -0.2) is 4.99 Å². The van der Waals surface area contributed by atoms with Gasteiger partial charge in [-0.2, -0.15) is 11.8 Å². The van der Waals surface area contributed by atoms with Crippen LogP contribution in [0.15, 0.2) is 17.1 Å². The lowest BCUT2D eigenvalue weighted by Crippen LogP contribution is -2.42. The maximum absolute atomic E-state index is 4.71. The molecule has 20 heavy (non-hydrogen) atoms. The maximum Gasteiger partial charge on any atom is 0.191 e. The summed E-state index contributed by atoms with van der Waals surface area (Å²) in [4.78, 5) is 7.39. The van der Waals surface area contributed by atoms with Crippen LogP contribution in [0.25, 0.3) is 0 Å². The van der Waals surface area contributed by atoms with Crippen LogP contribution in [-0.4, -0.2) is 30.1 Å². The molecule has 112 valence electrons. The molecule has 2 unspecified atom stereocenters. The second-order valence-electron chi connectivity index (χ2n) is 5.22. The van der Waals surface area contributed by atoms with Crippen LogP contribution in [0, 0.1) is 6.92 Å². The normalized spacial score (nSPS) is 23.1. The third-order valence-electron chi connectivity index (χ3n) is 3.59. The van der Waals surface area contributed by atoms with Gasteiger partial charge in [-0.3, -0.25) is 0 Å². The molecule has 1 aliphatic carbocycles. The third-order valence-corrected chi connectivity index (χ3v) is 5.67. The number of thiophene rings is 1. The standard InChI is InChI=1S/C15H25N3S2/c1-4-16-15(17-10-14-7-5-11(2)20-14)18-12-6-8-13(9-12)19-3/h5,7,12-13H,4,6,8-10H2,1-3H3,(H2,16,17,18). The van der Waals surface area contributed by atoms with Gasteiger partial charge in [-0.15, -0.1) is 11.3 Å². The molecule has 0 spiro atoms. The summed E-state index contributed by atoms with van der Waals surface area (Å²) >= 11 is 3.82. The van der Waals surface area contributed by atoms with Crippen LogP contribution in [0.1, 0.15) is 35.9 Å². The molecule has 3 nitrogen and oxygen atoms in total. The van der Waals surface area contributed by atoms with Crippen molar-refractivity contribution >= 4 is 29.1 Å². The summed E-state index contributed by atoms with van der Waals surface area (Å²) < 4.78 is 0. The average molecular weight is 312 g/mol. The fourth-order valence-corrected chi connectivity index (χ4v) is 4.14. The molecular weight excluding hydrogens is 286 g/mol. The molecule has 1 heterocycles. The molecular formula is C15H25N3S2. The first-order chi connectivity index (χ1) is 9.71. The summed E-state index contributed by atoms with van der Waals surface area (Å²) in [5, 5.41) is 7.76. The second kappa shape index (κ2) is 7.93. The van der Waals surface area contributed by atoms with Crippen molar-refractivity contribution in [2.75, 3.05) is 12.8 Å². The molecule has 2 atom stereocenters. The van der Waals surface area contributed by atoms with Crippen molar-refractivity contribution in [3.8, 4) is 0 Å². The highest BCUT2D eigenvalue weighted by molar-refractivity contribution is 7.99. The van der Waals surface area contributed by atoms with Crippen LogP contribution < -0.4 is 10.6 Å². The van der Waals surface area contributed by atoms with E-state index in [0.29, 0.717) is 6.04 Å². The Hall–Kier alpha value is -0.680. The molecule has 2 N–H and O–H groups in total. The van der Waals surface area contributed by atoms with E-state index in [1.54, 1.807) is 0 Å². The number of nitrogens with one attached hydrogen (secondary N) is 2. The summed E-state index contributed by atoms with van der Waals surface area (Å²) in [6.07, 6.45) is 6.05. The van der Waals surface area contributed by atoms with Gasteiger partial charge in [-0.1, -0.05) is 0 Å². The Bertz CT molecular complexity index is 442. The monoisotopic (exact) mass is 311 g/mol. The van der Waals surface area contributed by atoms with Crippen LogP contribution in [0.4, 0.5) is 0 Å². The van der Waals surface area contributed by atoms with E-state index in [1.165, 1.54) is 29.0 Å². The zero-order chi connectivity index (χ0) is 14.4. The molecule has 1 fully saturated rings. The molecule has 1 aliphatic rings. The topological polar surface area (TPSA) is 36.4 Å². The van der Waals surface area contributed by atoms with Gasteiger partial charge in [0.1, 0.15) is 0 Å². The average Bonchev–Trinajstić information content (AvgIpc) is 3.05. The fraction of sp³-hybridized carbons (Fsp3) is 0.667. The van der Waals surface area contributed by atoms with E-state index >= 15 is 0 Å². The highest BCUT2D eigenvalue weighted by atomic mass is 32.2. The number of hydrogen-bond donors (Lipinski definition) is 2. The van der Waals surface area contributed by atoms with Crippen molar-refractivity contribution in [2.24, 2.45) is 4.99 Å². The second-order valence-corrected chi connectivity index (χ2v) is 7.73. The quantitative estimate of drug-likeness (QED) is 0.646. The van der Waals surface area contributed by atoms with Crippen LogP contribution in [0.2, 0.25) is 0 Å². The Kier molecular flexibility index (Phi) is 6.23. The van der Waals surface area contributed by atoms with Gasteiger partial charge in [0, 0.05) is 27.6 Å². The lowest BCUT2D eigenvalue weighted by molar-refractivity contribution is 0.615. The van der Waals surface area contributed by atoms with E-state index < -0.39 is 0 Å². The predicted octanol–water partition coefficient (Wildman–Crippen LogP) is 3.40. The number of nitrogens with zero attached hydrogens (tertiary/aromatic N) is 1. The van der Waals surface area contributed by atoms with Gasteiger partial charge < -0.3 is 10.6 Å². The first-order valence-electron chi connectivity index (χ1n) is 7.34. The van der Waals surface area contributed by atoms with Crippen LogP contribution in [0.5, 0.6) is 0 Å². The highest BCUT2D eigenvalue weighted by Crippen LogP contribution is 2.28. The molecule has 1 aromatic heterocycles. The Morgan fingerprint density at radius 3 is 2.90 bits per heavy atom. The Labute approximate surface area is 130 Å². The van der Waals surface area contributed by atoms with Gasteiger partial charge in [0.05, 0.1) is 6.54 Å². The molecule has 0 saturated heterocycles. The number of guanidine groups is 1. The molecule has 0 bridgehead atoms. The molecule has 1 aromatic rings. The smallest absolute Gasteiger partial charge is 0.191 e. The Balaban J connectivity index is 1.89. The van der Waals surface area contributed by atoms with Crippen LogP contribution in [0.3, 0.4) is 0 Å². The molecule has 5 heteroatoms. The summed E-state index contributed by atoms with van der Waals surface area (Å²) in [6, 6.07) is 4.91. The van der Waals surface area contributed by atoms with E-state index in [4.69, 9.17) is 4.99 Å². The molecule has 2 rings (SSSR count). The fourth-order valence-electron chi connectivity index (χ4n) is 2.53. The van der Waals surface area contributed by atoms with Crippen LogP contribution >= 0.6 is 23.1 Å². The van der Waals surface area contributed by atoms with E-state index in [-0.39, 0.29) is 0 Å². The largest absolute Gasteiger partial charge is 0.357 e. The van der Waals surface area contributed by atoms with Crippen molar-refractivity contribution in [3.63, 3.8) is 0 Å². The minimum atomic E-state index is 0.579. The van der Waals surface area contributed by atoms with Crippen molar-refractivity contribution in [2.45, 2.75) is 50.9 Å². The Morgan fingerprint density at radius 2 is 2.30 bits per heavy atom. The summed E-state index contributed by atoms with van der Waals surface area (Å²) in [5.41, 5.74) is 0. The SMILES string of the molecule is CCNC(=NCc1ccc(C)s1)NC1CCC(SC)C1. The molecule has 0 aromatic carbocycles. The summed E-state index contributed by atoms with van der Waals surface area (Å²) in [6.45, 7) is 5.94. The van der Waals surface area contributed by atoms with Crippen molar-refractivity contribution in [1.82, 2.24) is 10.6 Å². The van der Waals surface area contributed by atoms with Crippen molar-refractivity contribution < 1.29 is 0 Å². The lowest BCUT2D eigenvalue weighted by Gasteiger charge is -2.17. The zero-order valence-corrected chi connectivity index (χ0v) is 14.2. The first-order valence-corrected chi connectivity index (χ1v) is 9.44. The number of hydrogen-bond acceptors (Lipinski definition) is 3. The zero-order valence-electron chi connectivity index (χ0n) is 12.6. The van der Waals surface area contributed by atoms with Gasteiger partial charge in [0.2, 0.25) is 0 Å². The van der Waals surface area contributed by atoms with E-state index in [0.717, 1.165) is 24.3 Å². The molecule has 0 radical (unpaired) electrons. The minimum Gasteiger partial charge on any atom is -0.357 e. The summed E-state index contributed by atoms with van der Waals surface area (Å²) in [7, 11) is 0. The van der Waals surface area contributed by atoms with E-state index in [9.17, 15) is 0 Å². The Morgan fingerprint density at radius 1 is 1.45 bits per heavy atom. The highest BCUT2D eigenvalue weighted by Gasteiger charge is 2.24. The van der Waals surface area contributed by atoms with E-state index in [1.807, 2.05) is 23.1 Å². The molecule has 1 saturated carbocycles. The molecule has 0 amide bonds. The van der Waals surface area contributed by atoms with Gasteiger partial charge in [0.15, 0.2) is 5.96 Å². The first kappa shape index (κ1) is 15.7. The van der Waals surface area contributed by atoms with Gasteiger partial charge in [0.25, 0.3) is 0 Å². The number of rotatable bonds is 5. The number of thioether (sulfide) groups is 1. The minimum absolute atomic E-state index is 0.579. The predicted molar refractivity (Wildman–Crippen MR) is 91.9 cm³/mol. The third kappa shape index (κ3) is 4.70. The summed E-state index contributed by atoms with van der Waals surface area (Å²) in [5.74, 6) is 0.963. The van der Waals surface area contributed by atoms with Crippen molar-refractivity contribution in [3.05, 3.63) is 21.9 Å². The lowest BCUT2D eigenvalue weighted by atomic mass is 10.2. The van der Waals surface area contributed by atoms with Crippen LogP contribution in [-0.2, 0) is 6.54 Å². The maximum atomic E-state index is 4.71. The number of aliphatic imine (C=N–C) groups is 1.